The molecule has 1 aromatic heterocycles. The van der Waals surface area contributed by atoms with Gasteiger partial charge in [0, 0.05) is 44.3 Å². The standard InChI is InChI=1S/C27H27FN4O3.C19H22O2/c1-27(2,34)21-9-5-19(6-10-21)16-22(33)15-18-3-7-20(8-4-18)25-30-23(17-29)24(28)26(31-25)32-11-13-35-14-12-32;1-14-4-6-15(7-5-14)12-18(20)13-16-8-10-17(11-9-16)19(2,3)21/h3-10,34H,11-16H2,1-2H3;4-11,21H,12-13H2,1-3H3. The molecule has 1 saturated heterocycles. The number of Topliss-reactive ketones (excluding diaryl/α,β-unsaturated/α-hetero) is 2. The molecule has 0 aliphatic carbocycles. The van der Waals surface area contributed by atoms with Gasteiger partial charge in [0.25, 0.3) is 0 Å². The maximum atomic E-state index is 14.7. The highest BCUT2D eigenvalue weighted by atomic mass is 19.1. The number of halogens is 1. The van der Waals surface area contributed by atoms with E-state index in [1.165, 1.54) is 5.56 Å². The Kier molecular flexibility index (Phi) is 13.6. The van der Waals surface area contributed by atoms with E-state index in [-0.39, 0.29) is 35.3 Å². The normalized spacial score (nSPS) is 13.0. The smallest absolute Gasteiger partial charge is 0.202 e. The van der Waals surface area contributed by atoms with Crippen LogP contribution >= 0.6 is 0 Å². The van der Waals surface area contributed by atoms with Gasteiger partial charge in [-0.2, -0.15) is 9.65 Å². The highest BCUT2D eigenvalue weighted by Gasteiger charge is 2.23. The number of carbonyl (C=O) groups excluding carboxylic acids is 2. The number of benzene rings is 4. The van der Waals surface area contributed by atoms with Gasteiger partial charge in [-0.1, -0.05) is 103 Å². The molecule has 0 spiro atoms. The quantitative estimate of drug-likeness (QED) is 0.136. The van der Waals surface area contributed by atoms with Gasteiger partial charge in [-0.3, -0.25) is 9.59 Å². The monoisotopic (exact) mass is 756 g/mol. The number of carbonyl (C=O) groups is 2. The molecule has 0 unspecified atom stereocenters. The molecule has 1 aliphatic heterocycles. The Bertz CT molecular complexity index is 2140. The molecule has 9 nitrogen and oxygen atoms in total. The van der Waals surface area contributed by atoms with Crippen molar-refractivity contribution in [2.24, 2.45) is 0 Å². The Morgan fingerprint density at radius 1 is 0.696 bits per heavy atom. The minimum Gasteiger partial charge on any atom is -0.386 e. The zero-order valence-corrected chi connectivity index (χ0v) is 32.7. The van der Waals surface area contributed by atoms with Crippen molar-refractivity contribution in [1.82, 2.24) is 9.97 Å². The maximum Gasteiger partial charge on any atom is 0.202 e. The lowest BCUT2D eigenvalue weighted by atomic mass is 9.95. The Morgan fingerprint density at radius 2 is 1.09 bits per heavy atom. The van der Waals surface area contributed by atoms with Crippen LogP contribution < -0.4 is 4.90 Å². The van der Waals surface area contributed by atoms with E-state index in [1.807, 2.05) is 97.9 Å². The molecule has 1 fully saturated rings. The minimum atomic E-state index is -0.921. The molecule has 4 aromatic carbocycles. The number of morpholine rings is 1. The van der Waals surface area contributed by atoms with Crippen molar-refractivity contribution in [3.05, 3.63) is 148 Å². The van der Waals surface area contributed by atoms with Gasteiger partial charge in [0.15, 0.2) is 17.3 Å². The number of hydrogen-bond acceptors (Lipinski definition) is 9. The first-order chi connectivity index (χ1) is 26.6. The van der Waals surface area contributed by atoms with Crippen LogP contribution in [0.5, 0.6) is 0 Å². The molecule has 290 valence electrons. The molecule has 10 heteroatoms. The van der Waals surface area contributed by atoms with Crippen molar-refractivity contribution in [2.45, 2.75) is 71.5 Å². The number of rotatable bonds is 12. The van der Waals surface area contributed by atoms with E-state index in [0.29, 0.717) is 51.1 Å². The predicted molar refractivity (Wildman–Crippen MR) is 215 cm³/mol. The van der Waals surface area contributed by atoms with E-state index in [1.54, 1.807) is 44.7 Å². The van der Waals surface area contributed by atoms with Crippen LogP contribution in [0.4, 0.5) is 10.2 Å². The lowest BCUT2D eigenvalue weighted by Gasteiger charge is -2.28. The van der Waals surface area contributed by atoms with Gasteiger partial charge in [-0.25, -0.2) is 9.97 Å². The number of aliphatic hydroxyl groups is 2. The van der Waals surface area contributed by atoms with E-state index in [9.17, 15) is 29.5 Å². The summed E-state index contributed by atoms with van der Waals surface area (Å²) in [5, 5.41) is 29.3. The van der Waals surface area contributed by atoms with Crippen LogP contribution in [0.1, 0.15) is 72.3 Å². The summed E-state index contributed by atoms with van der Waals surface area (Å²) in [7, 11) is 0. The molecule has 6 rings (SSSR count). The second kappa shape index (κ2) is 18.4. The topological polar surface area (TPSA) is 137 Å². The van der Waals surface area contributed by atoms with E-state index in [2.05, 4.69) is 9.97 Å². The molecule has 0 radical (unpaired) electrons. The van der Waals surface area contributed by atoms with E-state index in [0.717, 1.165) is 33.4 Å². The summed E-state index contributed by atoms with van der Waals surface area (Å²) in [6.07, 6.45) is 1.46. The van der Waals surface area contributed by atoms with Crippen molar-refractivity contribution in [3.63, 3.8) is 0 Å². The average molecular weight is 757 g/mol. The van der Waals surface area contributed by atoms with E-state index in [4.69, 9.17) is 4.74 Å². The molecule has 0 amide bonds. The molecular weight excluding hydrogens is 708 g/mol. The fourth-order valence-corrected chi connectivity index (χ4v) is 6.20. The number of aryl methyl sites for hydroxylation is 1. The Hall–Kier alpha value is -5.60. The summed E-state index contributed by atoms with van der Waals surface area (Å²) in [5.74, 6) is -0.0992. The molecule has 2 N–H and O–H groups in total. The number of hydrogen-bond donors (Lipinski definition) is 2. The fraction of sp³-hybridized carbons (Fsp3) is 0.326. The zero-order valence-electron chi connectivity index (χ0n) is 32.7. The van der Waals surface area contributed by atoms with Gasteiger partial charge < -0.3 is 19.8 Å². The second-order valence-corrected chi connectivity index (χ2v) is 15.2. The summed E-state index contributed by atoms with van der Waals surface area (Å²) in [5.41, 5.74) is 5.19. The average Bonchev–Trinajstić information content (AvgIpc) is 3.16. The highest BCUT2D eigenvalue weighted by Crippen LogP contribution is 2.26. The van der Waals surface area contributed by atoms with Crippen LogP contribution in [-0.2, 0) is 51.2 Å². The van der Waals surface area contributed by atoms with E-state index < -0.39 is 17.0 Å². The van der Waals surface area contributed by atoms with Crippen LogP contribution in [0.3, 0.4) is 0 Å². The van der Waals surface area contributed by atoms with Crippen LogP contribution in [0.15, 0.2) is 97.1 Å². The van der Waals surface area contributed by atoms with Crippen LogP contribution in [-0.4, -0.2) is 58.1 Å². The third-order valence-corrected chi connectivity index (χ3v) is 9.51. The predicted octanol–water partition coefficient (Wildman–Crippen LogP) is 7.15. The SMILES string of the molecule is CC(C)(O)c1ccc(CC(=O)Cc2ccc(-c3nc(C#N)c(F)c(N4CCOCC4)n3)cc2)cc1.Cc1ccc(CC(=O)Cc2ccc(C(C)(C)O)cc2)cc1. The highest BCUT2D eigenvalue weighted by molar-refractivity contribution is 5.83. The molecule has 5 aromatic rings. The molecular formula is C46H49FN4O5. The number of ether oxygens (including phenoxy) is 1. The first-order valence-corrected chi connectivity index (χ1v) is 18.7. The Morgan fingerprint density at radius 3 is 1.48 bits per heavy atom. The van der Waals surface area contributed by atoms with Crippen molar-refractivity contribution in [3.8, 4) is 17.5 Å². The van der Waals surface area contributed by atoms with Gasteiger partial charge in [-0.05, 0) is 68.0 Å². The number of aromatic nitrogens is 2. The fourth-order valence-electron chi connectivity index (χ4n) is 6.20. The number of anilines is 1. The number of ketones is 2. The molecule has 0 atom stereocenters. The van der Waals surface area contributed by atoms with Crippen LogP contribution in [0.25, 0.3) is 11.4 Å². The minimum absolute atomic E-state index is 0.0631. The molecule has 0 bridgehead atoms. The van der Waals surface area contributed by atoms with Crippen LogP contribution in [0, 0.1) is 24.1 Å². The van der Waals surface area contributed by atoms with Gasteiger partial charge in [-0.15, -0.1) is 0 Å². The third kappa shape index (κ3) is 11.7. The number of nitrogens with zero attached hydrogens (tertiary/aromatic N) is 4. The maximum absolute atomic E-state index is 14.7. The third-order valence-electron chi connectivity index (χ3n) is 9.51. The number of nitriles is 1. The molecule has 1 aliphatic rings. The second-order valence-electron chi connectivity index (χ2n) is 15.2. The van der Waals surface area contributed by atoms with E-state index >= 15 is 0 Å². The van der Waals surface area contributed by atoms with Crippen molar-refractivity contribution >= 4 is 17.4 Å². The summed E-state index contributed by atoms with van der Waals surface area (Å²) in [6, 6.07) is 32.1. The first kappa shape index (κ1) is 41.6. The lowest BCUT2D eigenvalue weighted by Crippen LogP contribution is -2.37. The van der Waals surface area contributed by atoms with Crippen molar-refractivity contribution < 1.29 is 28.9 Å². The zero-order chi connectivity index (χ0) is 40.5. The van der Waals surface area contributed by atoms with Gasteiger partial charge in [0.1, 0.15) is 17.6 Å². The van der Waals surface area contributed by atoms with Crippen LogP contribution in [0.2, 0.25) is 0 Å². The van der Waals surface area contributed by atoms with Gasteiger partial charge >= 0.3 is 0 Å². The Labute approximate surface area is 328 Å². The molecule has 0 saturated carbocycles. The summed E-state index contributed by atoms with van der Waals surface area (Å²) < 4.78 is 20.1. The van der Waals surface area contributed by atoms with Crippen molar-refractivity contribution in [1.29, 1.82) is 5.26 Å². The lowest BCUT2D eigenvalue weighted by molar-refractivity contribution is -0.118. The summed E-state index contributed by atoms with van der Waals surface area (Å²) >= 11 is 0. The molecule has 2 heterocycles. The summed E-state index contributed by atoms with van der Waals surface area (Å²) in [6.45, 7) is 10.9. The Balaban J connectivity index is 0.000000244. The van der Waals surface area contributed by atoms with Gasteiger partial charge in [0.2, 0.25) is 5.82 Å². The van der Waals surface area contributed by atoms with Gasteiger partial charge in [0.05, 0.1) is 24.4 Å². The summed E-state index contributed by atoms with van der Waals surface area (Å²) in [4.78, 5) is 34.9. The largest absolute Gasteiger partial charge is 0.386 e. The first-order valence-electron chi connectivity index (χ1n) is 18.7. The molecule has 56 heavy (non-hydrogen) atoms. The van der Waals surface area contributed by atoms with Crippen molar-refractivity contribution in [2.75, 3.05) is 31.2 Å².